The van der Waals surface area contributed by atoms with Gasteiger partial charge in [0.25, 0.3) is 10.0 Å². The third-order valence-corrected chi connectivity index (χ3v) is 12.2. The Kier molecular flexibility index (Phi) is 9.23. The Labute approximate surface area is 249 Å². The summed E-state index contributed by atoms with van der Waals surface area (Å²) >= 11 is 0. The lowest BCUT2D eigenvalue weighted by Gasteiger charge is -2.35. The van der Waals surface area contributed by atoms with Gasteiger partial charge in [-0.1, -0.05) is 72.9 Å². The second kappa shape index (κ2) is 12.7. The number of aromatic nitrogens is 1. The van der Waals surface area contributed by atoms with E-state index in [2.05, 4.69) is 0 Å². The number of rotatable bonds is 11. The van der Waals surface area contributed by atoms with Crippen LogP contribution in [-0.4, -0.2) is 49.9 Å². The van der Waals surface area contributed by atoms with E-state index in [-0.39, 0.29) is 34.8 Å². The molecule has 7 nitrogen and oxygen atoms in total. The number of benzene rings is 3. The highest BCUT2D eigenvalue weighted by Crippen LogP contribution is 2.34. The lowest BCUT2D eigenvalue weighted by Crippen LogP contribution is -2.40. The topological polar surface area (TPSA) is 96.7 Å². The fraction of sp³-hybridized carbons (Fsp3) is 0.394. The predicted octanol–water partition coefficient (Wildman–Crippen LogP) is 5.92. The van der Waals surface area contributed by atoms with E-state index in [0.717, 1.165) is 47.8 Å². The zero-order chi connectivity index (χ0) is 29.9. The van der Waals surface area contributed by atoms with Crippen LogP contribution in [0, 0.1) is 25.7 Å². The summed E-state index contributed by atoms with van der Waals surface area (Å²) in [5.41, 5.74) is 3.30. The van der Waals surface area contributed by atoms with Gasteiger partial charge in [0.1, 0.15) is 0 Å². The number of fused-ring (bicyclic) bond motifs is 1. The van der Waals surface area contributed by atoms with Crippen molar-refractivity contribution in [2.24, 2.45) is 11.8 Å². The summed E-state index contributed by atoms with van der Waals surface area (Å²) in [6.07, 6.45) is 6.75. The maximum atomic E-state index is 14.0. The van der Waals surface area contributed by atoms with Crippen LogP contribution in [0.25, 0.3) is 10.9 Å². The molecule has 5 rings (SSSR count). The molecule has 0 bridgehead atoms. The Morgan fingerprint density at radius 1 is 0.810 bits per heavy atom. The molecule has 1 fully saturated rings. The average molecular weight is 609 g/mol. The van der Waals surface area contributed by atoms with E-state index in [1.54, 1.807) is 53.0 Å². The molecule has 1 aliphatic carbocycles. The first-order valence-corrected chi connectivity index (χ1v) is 17.6. The van der Waals surface area contributed by atoms with Crippen molar-refractivity contribution < 1.29 is 21.9 Å². The van der Waals surface area contributed by atoms with Gasteiger partial charge >= 0.3 is 0 Å². The van der Waals surface area contributed by atoms with Gasteiger partial charge in [0.05, 0.1) is 15.3 Å². The minimum absolute atomic E-state index is 0.0981. The highest BCUT2D eigenvalue weighted by molar-refractivity contribution is 7.90. The van der Waals surface area contributed by atoms with Gasteiger partial charge in [-0.25, -0.2) is 20.8 Å². The van der Waals surface area contributed by atoms with Crippen LogP contribution in [0.3, 0.4) is 0 Å². The molecule has 224 valence electrons. The van der Waals surface area contributed by atoms with Crippen molar-refractivity contribution in [2.75, 3.05) is 19.7 Å². The molecule has 0 aliphatic heterocycles. The third-order valence-electron chi connectivity index (χ3n) is 8.63. The number of hydrogen-bond donors (Lipinski definition) is 1. The summed E-state index contributed by atoms with van der Waals surface area (Å²) in [5.74, 6) is 0.440. The first-order chi connectivity index (χ1) is 20.1. The van der Waals surface area contributed by atoms with Gasteiger partial charge < -0.3 is 5.11 Å². The Hall–Kier alpha value is -2.98. The monoisotopic (exact) mass is 608 g/mol. The Balaban J connectivity index is 1.49. The highest BCUT2D eigenvalue weighted by Gasteiger charge is 2.32. The molecule has 2 unspecified atom stereocenters. The van der Waals surface area contributed by atoms with Crippen molar-refractivity contribution in [1.29, 1.82) is 0 Å². The van der Waals surface area contributed by atoms with E-state index in [1.165, 1.54) is 3.97 Å². The summed E-state index contributed by atoms with van der Waals surface area (Å²) in [7, 11) is -7.65. The number of para-hydroxylation sites is 1. The largest absolute Gasteiger partial charge is 0.396 e. The zero-order valence-corrected chi connectivity index (χ0v) is 25.9. The number of hydrogen-bond acceptors (Lipinski definition) is 5. The standard InChI is InChI=1S/C33H40N2O5S2/c1-25-11-15-30(16-12-25)41(37,38)34(23-28-8-4-3-7-27(28)20-22-36)21-19-29-24-35(33-10-6-5-9-32(29)33)42(39,40)31-17-13-26(2)14-18-31/h5-6,9-18,24,27-28,36H,3-4,7-8,19-23H2,1-2H3. The second-order valence-corrected chi connectivity index (χ2v) is 15.3. The Bertz CT molecular complexity index is 1730. The normalized spacial score (nSPS) is 18.1. The van der Waals surface area contributed by atoms with Gasteiger partial charge in [-0.15, -0.1) is 0 Å². The van der Waals surface area contributed by atoms with Crippen LogP contribution >= 0.6 is 0 Å². The second-order valence-electron chi connectivity index (χ2n) is 11.5. The number of aliphatic hydroxyl groups is 1. The molecule has 1 saturated carbocycles. The van der Waals surface area contributed by atoms with E-state index >= 15 is 0 Å². The SMILES string of the molecule is Cc1ccc(S(=O)(=O)N(CCc2cn(S(=O)(=O)c3ccc(C)cc3)c3ccccc23)CC2CCCCC2CCO)cc1. The summed E-state index contributed by atoms with van der Waals surface area (Å²) in [4.78, 5) is 0.461. The maximum absolute atomic E-state index is 14.0. The minimum Gasteiger partial charge on any atom is -0.396 e. The van der Waals surface area contributed by atoms with Crippen LogP contribution < -0.4 is 0 Å². The molecule has 9 heteroatoms. The maximum Gasteiger partial charge on any atom is 0.268 e. The molecule has 0 spiro atoms. The molecule has 2 atom stereocenters. The van der Waals surface area contributed by atoms with Gasteiger partial charge in [0.15, 0.2) is 0 Å². The van der Waals surface area contributed by atoms with E-state index in [0.29, 0.717) is 24.9 Å². The Morgan fingerprint density at radius 2 is 1.40 bits per heavy atom. The molecule has 42 heavy (non-hydrogen) atoms. The fourth-order valence-corrected chi connectivity index (χ4v) is 9.08. The molecule has 1 heterocycles. The van der Waals surface area contributed by atoms with Gasteiger partial charge in [-0.05, 0) is 80.8 Å². The third kappa shape index (κ3) is 6.34. The van der Waals surface area contributed by atoms with Crippen LogP contribution in [0.1, 0.15) is 48.8 Å². The molecular weight excluding hydrogens is 569 g/mol. The van der Waals surface area contributed by atoms with Crippen molar-refractivity contribution in [3.05, 3.63) is 95.7 Å². The summed E-state index contributed by atoms with van der Waals surface area (Å²) in [6, 6.07) is 21.1. The molecule has 3 aromatic carbocycles. The van der Waals surface area contributed by atoms with Crippen molar-refractivity contribution in [3.63, 3.8) is 0 Å². The van der Waals surface area contributed by atoms with Crippen LogP contribution in [0.2, 0.25) is 0 Å². The highest BCUT2D eigenvalue weighted by atomic mass is 32.2. The lowest BCUT2D eigenvalue weighted by atomic mass is 9.77. The smallest absolute Gasteiger partial charge is 0.268 e. The van der Waals surface area contributed by atoms with Crippen molar-refractivity contribution in [1.82, 2.24) is 8.28 Å². The molecule has 0 saturated heterocycles. The first-order valence-electron chi connectivity index (χ1n) is 14.7. The summed E-state index contributed by atoms with van der Waals surface area (Å²) in [6.45, 7) is 4.53. The number of aliphatic hydroxyl groups excluding tert-OH is 1. The Morgan fingerprint density at radius 3 is 2.05 bits per heavy atom. The summed E-state index contributed by atoms with van der Waals surface area (Å²) in [5, 5.41) is 10.5. The molecule has 1 aliphatic rings. The number of sulfonamides is 1. The van der Waals surface area contributed by atoms with Crippen LogP contribution in [0.15, 0.2) is 88.8 Å². The zero-order valence-electron chi connectivity index (χ0n) is 24.3. The molecular formula is C33H40N2O5S2. The predicted molar refractivity (Wildman–Crippen MR) is 166 cm³/mol. The molecule has 1 N–H and O–H groups in total. The van der Waals surface area contributed by atoms with Gasteiger partial charge in [0.2, 0.25) is 10.0 Å². The van der Waals surface area contributed by atoms with Gasteiger partial charge in [-0.3, -0.25) is 0 Å². The minimum atomic E-state index is -3.85. The van der Waals surface area contributed by atoms with E-state index < -0.39 is 20.0 Å². The molecule has 4 aromatic rings. The fourth-order valence-electron chi connectivity index (χ4n) is 6.19. The molecule has 0 radical (unpaired) electrons. The van der Waals surface area contributed by atoms with Crippen molar-refractivity contribution in [3.8, 4) is 0 Å². The van der Waals surface area contributed by atoms with Crippen molar-refractivity contribution >= 4 is 30.9 Å². The van der Waals surface area contributed by atoms with Crippen LogP contribution in [0.4, 0.5) is 0 Å². The van der Waals surface area contributed by atoms with Crippen LogP contribution in [-0.2, 0) is 26.5 Å². The van der Waals surface area contributed by atoms with E-state index in [4.69, 9.17) is 0 Å². The molecule has 0 amide bonds. The van der Waals surface area contributed by atoms with Gasteiger partial charge in [-0.2, -0.15) is 4.31 Å². The number of nitrogens with zero attached hydrogens (tertiary/aromatic N) is 2. The average Bonchev–Trinajstić information content (AvgIpc) is 3.36. The molecule has 1 aromatic heterocycles. The summed E-state index contributed by atoms with van der Waals surface area (Å²) < 4.78 is 58.3. The van der Waals surface area contributed by atoms with Crippen molar-refractivity contribution in [2.45, 2.75) is 62.2 Å². The van der Waals surface area contributed by atoms with Gasteiger partial charge in [0, 0.05) is 31.3 Å². The van der Waals surface area contributed by atoms with Crippen LogP contribution in [0.5, 0.6) is 0 Å². The quantitative estimate of drug-likeness (QED) is 0.228. The first kappa shape index (κ1) is 30.5. The number of aryl methyl sites for hydroxylation is 2. The lowest BCUT2D eigenvalue weighted by molar-refractivity contribution is 0.155. The van der Waals surface area contributed by atoms with E-state index in [1.807, 2.05) is 44.2 Å². The van der Waals surface area contributed by atoms with E-state index in [9.17, 15) is 21.9 Å².